The second kappa shape index (κ2) is 9.45. The maximum atomic E-state index is 13.3. The van der Waals surface area contributed by atoms with Crippen molar-refractivity contribution < 1.29 is 9.59 Å². The van der Waals surface area contributed by atoms with E-state index < -0.39 is 11.6 Å². The van der Waals surface area contributed by atoms with Crippen LogP contribution in [0.4, 0.5) is 0 Å². The Balaban J connectivity index is 2.54. The number of aromatic nitrogens is 1. The van der Waals surface area contributed by atoms with Crippen LogP contribution in [0.15, 0.2) is 30.5 Å². The zero-order chi connectivity index (χ0) is 20.7. The van der Waals surface area contributed by atoms with Gasteiger partial charge in [0.1, 0.15) is 6.04 Å². The molecular weight excluding hydrogens is 350 g/mol. The maximum absolute atomic E-state index is 13.3. The van der Waals surface area contributed by atoms with Crippen LogP contribution in [0, 0.1) is 11.8 Å². The lowest BCUT2D eigenvalue weighted by molar-refractivity contribution is -0.137. The van der Waals surface area contributed by atoms with Gasteiger partial charge in [0.2, 0.25) is 5.91 Å². The predicted octanol–water partition coefficient (Wildman–Crippen LogP) is 4.17. The van der Waals surface area contributed by atoms with Gasteiger partial charge in [-0.1, -0.05) is 43.9 Å². The third-order valence-corrected chi connectivity index (χ3v) is 4.47. The van der Waals surface area contributed by atoms with Crippen molar-refractivity contribution in [3.63, 3.8) is 0 Å². The Morgan fingerprint density at radius 3 is 2.57 bits per heavy atom. The van der Waals surface area contributed by atoms with E-state index in [4.69, 9.17) is 0 Å². The molecule has 0 saturated heterocycles. The first-order chi connectivity index (χ1) is 13.3. The van der Waals surface area contributed by atoms with Crippen LogP contribution in [0.5, 0.6) is 0 Å². The molecule has 0 spiro atoms. The Kier molecular flexibility index (Phi) is 7.28. The highest BCUT2D eigenvalue weighted by atomic mass is 16.2. The summed E-state index contributed by atoms with van der Waals surface area (Å²) in [6.07, 6.45) is 4.69. The lowest BCUT2D eigenvalue weighted by atomic mass is 10.0. The maximum Gasteiger partial charge on any atom is 0.299 e. The van der Waals surface area contributed by atoms with Gasteiger partial charge in [-0.15, -0.1) is 0 Å². The molecule has 5 nitrogen and oxygen atoms in total. The molecule has 1 aromatic heterocycles. The van der Waals surface area contributed by atoms with Crippen LogP contribution in [0.25, 0.3) is 10.9 Å². The topological polar surface area (TPSA) is 65.2 Å². The van der Waals surface area contributed by atoms with Crippen molar-refractivity contribution in [2.24, 2.45) is 0 Å². The minimum absolute atomic E-state index is 0.194. The quantitative estimate of drug-likeness (QED) is 0.558. The molecule has 2 aromatic rings. The number of para-hydroxylation sites is 1. The van der Waals surface area contributed by atoms with E-state index in [0.717, 1.165) is 35.7 Å². The molecule has 1 aromatic carbocycles. The van der Waals surface area contributed by atoms with Crippen LogP contribution in [0.3, 0.4) is 0 Å². The van der Waals surface area contributed by atoms with E-state index in [1.807, 2.05) is 51.2 Å². The van der Waals surface area contributed by atoms with Gasteiger partial charge >= 0.3 is 0 Å². The van der Waals surface area contributed by atoms with Crippen molar-refractivity contribution in [1.82, 2.24) is 15.2 Å². The third-order valence-electron chi connectivity index (χ3n) is 4.47. The molecule has 0 saturated carbocycles. The summed E-state index contributed by atoms with van der Waals surface area (Å²) in [4.78, 5) is 31.0. The average molecular weight is 382 g/mol. The lowest BCUT2D eigenvalue weighted by Gasteiger charge is -2.32. The molecule has 0 bridgehead atoms. The van der Waals surface area contributed by atoms with Crippen molar-refractivity contribution in [1.29, 1.82) is 0 Å². The van der Waals surface area contributed by atoms with Crippen LogP contribution in [0.2, 0.25) is 0 Å². The fraction of sp³-hybridized carbons (Fsp3) is 0.478. The fourth-order valence-corrected chi connectivity index (χ4v) is 3.27. The molecule has 5 heteroatoms. The number of fused-ring (bicyclic) bond motifs is 1. The molecule has 150 valence electrons. The van der Waals surface area contributed by atoms with Gasteiger partial charge in [0.05, 0.1) is 0 Å². The molecule has 0 aliphatic rings. The molecule has 1 atom stereocenters. The first-order valence-electron chi connectivity index (χ1n) is 9.90. The van der Waals surface area contributed by atoms with E-state index in [0.29, 0.717) is 6.54 Å². The highest BCUT2D eigenvalue weighted by molar-refractivity contribution is 5.99. The summed E-state index contributed by atoms with van der Waals surface area (Å²) in [5.74, 6) is 4.79. The molecule has 2 rings (SSSR count). The summed E-state index contributed by atoms with van der Waals surface area (Å²) >= 11 is 0. The zero-order valence-electron chi connectivity index (χ0n) is 17.6. The number of carbonyl (C=O) groups is 2. The molecule has 2 amide bonds. The number of carbonyl (C=O) groups excluding carboxylic acids is 2. The molecule has 1 heterocycles. The third kappa shape index (κ3) is 5.39. The van der Waals surface area contributed by atoms with Crippen LogP contribution in [0.1, 0.15) is 65.5 Å². The van der Waals surface area contributed by atoms with Gasteiger partial charge in [-0.2, -0.15) is 0 Å². The summed E-state index contributed by atoms with van der Waals surface area (Å²) in [6.45, 7) is 10.0. The molecule has 0 aliphatic heterocycles. The zero-order valence-corrected chi connectivity index (χ0v) is 17.6. The van der Waals surface area contributed by atoms with E-state index in [1.54, 1.807) is 11.8 Å². The van der Waals surface area contributed by atoms with E-state index >= 15 is 0 Å². The van der Waals surface area contributed by atoms with Gasteiger partial charge < -0.3 is 15.2 Å². The number of hydrogen-bond acceptors (Lipinski definition) is 2. The van der Waals surface area contributed by atoms with E-state index in [2.05, 4.69) is 29.1 Å². The average Bonchev–Trinajstić information content (AvgIpc) is 3.03. The van der Waals surface area contributed by atoms with E-state index in [9.17, 15) is 9.59 Å². The smallest absolute Gasteiger partial charge is 0.299 e. The summed E-state index contributed by atoms with van der Waals surface area (Å²) < 4.78 is 0. The number of rotatable bonds is 7. The van der Waals surface area contributed by atoms with Crippen LogP contribution in [-0.4, -0.2) is 33.8 Å². The number of nitrogens with one attached hydrogen (secondary N) is 2. The van der Waals surface area contributed by atoms with Gasteiger partial charge in [-0.05, 0) is 46.1 Å². The SMILES string of the molecule is CC#CC(=O)N(CCCCC)C(C(=O)NC(C)(C)C)c1c[nH]c2ccccc12. The number of amides is 2. The standard InChI is InChI=1S/C23H31N3O2/c1-6-8-11-15-26(20(27)12-7-2)21(22(28)25-23(3,4)5)18-16-24-19-14-10-9-13-17(18)19/h9-10,13-14,16,21,24H,6,8,11,15H2,1-5H3,(H,25,28). The van der Waals surface area contributed by atoms with Crippen molar-refractivity contribution >= 4 is 22.7 Å². The Hall–Kier alpha value is -2.74. The molecule has 0 fully saturated rings. The Labute approximate surface area is 167 Å². The van der Waals surface area contributed by atoms with E-state index in [-0.39, 0.29) is 11.8 Å². The van der Waals surface area contributed by atoms with Gasteiger partial charge in [0.15, 0.2) is 0 Å². The molecule has 2 N–H and O–H groups in total. The molecule has 0 aliphatic carbocycles. The lowest BCUT2D eigenvalue weighted by Crippen LogP contribution is -2.49. The number of unbranched alkanes of at least 4 members (excludes halogenated alkanes) is 2. The molecule has 28 heavy (non-hydrogen) atoms. The first-order valence-corrected chi connectivity index (χ1v) is 9.90. The van der Waals surface area contributed by atoms with Gasteiger partial charge in [0.25, 0.3) is 5.91 Å². The normalized spacial score (nSPS) is 12.2. The van der Waals surface area contributed by atoms with Crippen molar-refractivity contribution in [3.05, 3.63) is 36.0 Å². The van der Waals surface area contributed by atoms with Crippen LogP contribution < -0.4 is 5.32 Å². The number of hydrogen-bond donors (Lipinski definition) is 2. The van der Waals surface area contributed by atoms with Crippen molar-refractivity contribution in [2.45, 2.75) is 65.5 Å². The fourth-order valence-electron chi connectivity index (χ4n) is 3.27. The van der Waals surface area contributed by atoms with Gasteiger partial charge in [0, 0.05) is 34.7 Å². The van der Waals surface area contributed by atoms with Gasteiger partial charge in [-0.25, -0.2) is 0 Å². The number of aromatic amines is 1. The van der Waals surface area contributed by atoms with Crippen LogP contribution in [-0.2, 0) is 9.59 Å². The summed E-state index contributed by atoms with van der Waals surface area (Å²) in [5.41, 5.74) is 1.32. The highest BCUT2D eigenvalue weighted by Gasteiger charge is 2.34. The number of H-pyrrole nitrogens is 1. The Morgan fingerprint density at radius 2 is 1.93 bits per heavy atom. The summed E-state index contributed by atoms with van der Waals surface area (Å²) in [5, 5.41) is 3.98. The Morgan fingerprint density at radius 1 is 1.21 bits per heavy atom. The van der Waals surface area contributed by atoms with Gasteiger partial charge in [-0.3, -0.25) is 9.59 Å². The second-order valence-electron chi connectivity index (χ2n) is 8.01. The highest BCUT2D eigenvalue weighted by Crippen LogP contribution is 2.30. The molecule has 0 radical (unpaired) electrons. The summed E-state index contributed by atoms with van der Waals surface area (Å²) in [6, 6.07) is 7.08. The monoisotopic (exact) mass is 381 g/mol. The molecular formula is C23H31N3O2. The largest absolute Gasteiger partial charge is 0.361 e. The first kappa shape index (κ1) is 21.6. The molecule has 1 unspecified atom stereocenters. The minimum Gasteiger partial charge on any atom is -0.361 e. The van der Waals surface area contributed by atoms with E-state index in [1.165, 1.54) is 0 Å². The number of nitrogens with zero attached hydrogens (tertiary/aromatic N) is 1. The van der Waals surface area contributed by atoms with Crippen molar-refractivity contribution in [3.8, 4) is 11.8 Å². The predicted molar refractivity (Wildman–Crippen MR) is 114 cm³/mol. The van der Waals surface area contributed by atoms with Crippen LogP contribution >= 0.6 is 0 Å². The minimum atomic E-state index is -0.736. The Bertz CT molecular complexity index is 880. The summed E-state index contributed by atoms with van der Waals surface area (Å²) in [7, 11) is 0. The van der Waals surface area contributed by atoms with Crippen molar-refractivity contribution in [2.75, 3.05) is 6.54 Å². The number of benzene rings is 1. The second-order valence-corrected chi connectivity index (χ2v) is 8.01.